The topological polar surface area (TPSA) is 35.5 Å². The lowest BCUT2D eigenvalue weighted by atomic mass is 10.2. The third-order valence-corrected chi connectivity index (χ3v) is 10.3. The van der Waals surface area contributed by atoms with Crippen LogP contribution in [0.2, 0.25) is 16.6 Å². The number of hydrogen-bond acceptors (Lipinski definition) is 3. The Morgan fingerprint density at radius 2 is 1.55 bits per heavy atom. The second kappa shape index (κ2) is 10.9. The second-order valence-corrected chi connectivity index (χ2v) is 12.1. The normalized spacial score (nSPS) is 11.7. The average Bonchev–Trinajstić information content (AvgIpc) is 2.40. The predicted molar refractivity (Wildman–Crippen MR) is 95.3 cm³/mol. The van der Waals surface area contributed by atoms with Gasteiger partial charge in [-0.1, -0.05) is 47.5 Å². The number of esters is 1. The van der Waals surface area contributed by atoms with Crippen molar-refractivity contribution in [3.05, 3.63) is 0 Å². The molecule has 0 aromatic heterocycles. The standard InChI is InChI=1S/C18H34O3Si/c1-8-20-18(19)13-11-9-10-12-14-21-22(15(2)3,16(4)5)17(6)7/h15-17H,8-10,12,14H2,1-7H3. The van der Waals surface area contributed by atoms with Gasteiger partial charge in [-0.05, 0) is 36.4 Å². The molecule has 3 nitrogen and oxygen atoms in total. The van der Waals surface area contributed by atoms with E-state index in [1.54, 1.807) is 6.92 Å². The average molecular weight is 327 g/mol. The number of rotatable bonds is 9. The minimum atomic E-state index is -1.73. The van der Waals surface area contributed by atoms with E-state index in [1.165, 1.54) is 0 Å². The Bertz CT molecular complexity index is 356. The van der Waals surface area contributed by atoms with Gasteiger partial charge in [-0.3, -0.25) is 0 Å². The van der Waals surface area contributed by atoms with Crippen molar-refractivity contribution in [2.45, 2.75) is 84.4 Å². The Morgan fingerprint density at radius 1 is 1.00 bits per heavy atom. The molecule has 0 saturated heterocycles. The van der Waals surface area contributed by atoms with Gasteiger partial charge in [0.15, 0.2) is 8.32 Å². The molecule has 0 aliphatic carbocycles. The van der Waals surface area contributed by atoms with Gasteiger partial charge in [-0.25, -0.2) is 4.79 Å². The fourth-order valence-electron chi connectivity index (χ4n) is 3.37. The number of hydrogen-bond donors (Lipinski definition) is 0. The maximum atomic E-state index is 11.1. The maximum Gasteiger partial charge on any atom is 0.384 e. The van der Waals surface area contributed by atoms with Crippen molar-refractivity contribution in [1.82, 2.24) is 0 Å². The van der Waals surface area contributed by atoms with Gasteiger partial charge in [0, 0.05) is 18.9 Å². The molecule has 128 valence electrons. The van der Waals surface area contributed by atoms with Gasteiger partial charge >= 0.3 is 5.97 Å². The van der Waals surface area contributed by atoms with Crippen LogP contribution >= 0.6 is 0 Å². The van der Waals surface area contributed by atoms with Gasteiger partial charge in [0.05, 0.1) is 6.61 Å². The molecule has 0 aliphatic heterocycles. The second-order valence-electron chi connectivity index (χ2n) is 6.65. The smallest absolute Gasteiger partial charge is 0.384 e. The molecule has 0 heterocycles. The third-order valence-electron chi connectivity index (χ3n) is 4.22. The zero-order valence-corrected chi connectivity index (χ0v) is 16.5. The molecule has 0 spiro atoms. The van der Waals surface area contributed by atoms with E-state index >= 15 is 0 Å². The lowest BCUT2D eigenvalue weighted by Gasteiger charge is -2.42. The van der Waals surface area contributed by atoms with E-state index in [1.807, 2.05) is 0 Å². The summed E-state index contributed by atoms with van der Waals surface area (Å²) in [6.45, 7) is 16.8. The molecule has 0 aromatic carbocycles. The van der Waals surface area contributed by atoms with Crippen molar-refractivity contribution in [1.29, 1.82) is 0 Å². The summed E-state index contributed by atoms with van der Waals surface area (Å²) in [6.07, 6.45) is 2.69. The van der Waals surface area contributed by atoms with Crippen LogP contribution in [0.1, 0.15) is 67.7 Å². The zero-order valence-electron chi connectivity index (χ0n) is 15.5. The van der Waals surface area contributed by atoms with E-state index in [4.69, 9.17) is 9.16 Å². The highest BCUT2D eigenvalue weighted by molar-refractivity contribution is 6.77. The monoisotopic (exact) mass is 326 g/mol. The number of carbonyl (C=O) groups is 1. The van der Waals surface area contributed by atoms with Gasteiger partial charge in [0.1, 0.15) is 0 Å². The SMILES string of the molecule is CCOC(=O)C#CCCCCO[Si](C(C)C)(C(C)C)C(C)C. The van der Waals surface area contributed by atoms with Crippen LogP contribution < -0.4 is 0 Å². The zero-order chi connectivity index (χ0) is 17.2. The highest BCUT2D eigenvalue weighted by Crippen LogP contribution is 2.42. The molecular formula is C18H34O3Si. The summed E-state index contributed by atoms with van der Waals surface area (Å²) in [5, 5.41) is 0. The van der Waals surface area contributed by atoms with E-state index in [0.717, 1.165) is 25.9 Å². The van der Waals surface area contributed by atoms with E-state index in [2.05, 4.69) is 53.4 Å². The highest BCUT2D eigenvalue weighted by Gasteiger charge is 2.44. The summed E-state index contributed by atoms with van der Waals surface area (Å²) in [7, 11) is -1.73. The van der Waals surface area contributed by atoms with Crippen LogP contribution in [0, 0.1) is 11.8 Å². The lowest BCUT2D eigenvalue weighted by molar-refractivity contribution is -0.136. The van der Waals surface area contributed by atoms with Crippen molar-refractivity contribution in [3.63, 3.8) is 0 Å². The van der Waals surface area contributed by atoms with Crippen molar-refractivity contribution >= 4 is 14.3 Å². The van der Waals surface area contributed by atoms with Crippen molar-refractivity contribution in [2.75, 3.05) is 13.2 Å². The number of carbonyl (C=O) groups excluding carboxylic acids is 1. The number of ether oxygens (including phenoxy) is 1. The molecule has 0 saturated carbocycles. The van der Waals surface area contributed by atoms with Crippen LogP contribution in [-0.4, -0.2) is 27.5 Å². The molecule has 0 aromatic rings. The van der Waals surface area contributed by atoms with Crippen LogP contribution in [0.5, 0.6) is 0 Å². The molecule has 0 radical (unpaired) electrons. The number of unbranched alkanes of at least 4 members (excludes halogenated alkanes) is 2. The Morgan fingerprint density at radius 3 is 2.00 bits per heavy atom. The van der Waals surface area contributed by atoms with Crippen molar-refractivity contribution in [2.24, 2.45) is 0 Å². The van der Waals surface area contributed by atoms with E-state index in [0.29, 0.717) is 23.2 Å². The van der Waals surface area contributed by atoms with Crippen LogP contribution in [0.25, 0.3) is 0 Å². The molecule has 4 heteroatoms. The molecular weight excluding hydrogens is 292 g/mol. The van der Waals surface area contributed by atoms with E-state index in [9.17, 15) is 4.79 Å². The third kappa shape index (κ3) is 6.54. The summed E-state index contributed by atoms with van der Waals surface area (Å²) in [4.78, 5) is 11.1. The lowest BCUT2D eigenvalue weighted by Crippen LogP contribution is -2.47. The van der Waals surface area contributed by atoms with Crippen LogP contribution in [0.3, 0.4) is 0 Å². The van der Waals surface area contributed by atoms with Crippen LogP contribution in [0.4, 0.5) is 0 Å². The molecule has 0 aliphatic rings. The Kier molecular flexibility index (Phi) is 10.5. The van der Waals surface area contributed by atoms with Crippen LogP contribution in [-0.2, 0) is 14.0 Å². The first-order valence-corrected chi connectivity index (χ1v) is 10.7. The fourth-order valence-corrected chi connectivity index (χ4v) is 8.86. The first-order chi connectivity index (χ1) is 10.3. The van der Waals surface area contributed by atoms with E-state index in [-0.39, 0.29) is 0 Å². The first kappa shape index (κ1) is 21.2. The summed E-state index contributed by atoms with van der Waals surface area (Å²) in [5.74, 6) is 4.94. The highest BCUT2D eigenvalue weighted by atomic mass is 28.4. The summed E-state index contributed by atoms with van der Waals surface area (Å²) >= 11 is 0. The Balaban J connectivity index is 4.24. The molecule has 0 atom stereocenters. The van der Waals surface area contributed by atoms with Crippen LogP contribution in [0.15, 0.2) is 0 Å². The van der Waals surface area contributed by atoms with Gasteiger partial charge in [0.2, 0.25) is 0 Å². The maximum absolute atomic E-state index is 11.1. The minimum absolute atomic E-state index is 0.383. The predicted octanol–water partition coefficient (Wildman–Crippen LogP) is 4.92. The molecule has 22 heavy (non-hydrogen) atoms. The Hall–Kier alpha value is -0.793. The molecule has 0 unspecified atom stereocenters. The summed E-state index contributed by atoms with van der Waals surface area (Å²) < 4.78 is 11.2. The fraction of sp³-hybridized carbons (Fsp3) is 0.833. The molecule has 0 rings (SSSR count). The molecule has 0 N–H and O–H groups in total. The van der Waals surface area contributed by atoms with Gasteiger partial charge < -0.3 is 9.16 Å². The summed E-state index contributed by atoms with van der Waals surface area (Å²) in [6, 6.07) is 0. The Labute approximate surface area is 138 Å². The largest absolute Gasteiger partial charge is 0.456 e. The summed E-state index contributed by atoms with van der Waals surface area (Å²) in [5.41, 5.74) is 1.86. The van der Waals surface area contributed by atoms with Crippen molar-refractivity contribution < 1.29 is 14.0 Å². The van der Waals surface area contributed by atoms with Crippen molar-refractivity contribution in [3.8, 4) is 11.8 Å². The van der Waals surface area contributed by atoms with Gasteiger partial charge in [-0.2, -0.15) is 0 Å². The molecule has 0 bridgehead atoms. The van der Waals surface area contributed by atoms with Gasteiger partial charge in [-0.15, -0.1) is 0 Å². The molecule has 0 amide bonds. The quantitative estimate of drug-likeness (QED) is 0.198. The first-order valence-electron chi connectivity index (χ1n) is 8.58. The molecule has 0 fully saturated rings. The van der Waals surface area contributed by atoms with E-state index < -0.39 is 14.3 Å². The van der Waals surface area contributed by atoms with Gasteiger partial charge in [0.25, 0.3) is 0 Å². The minimum Gasteiger partial charge on any atom is -0.456 e.